The smallest absolute Gasteiger partial charge is 0.226 e. The van der Waals surface area contributed by atoms with Crippen molar-refractivity contribution < 1.29 is 20.1 Å². The minimum absolute atomic E-state index is 0.0662. The molecule has 3 rings (SSSR count). The van der Waals surface area contributed by atoms with Crippen molar-refractivity contribution in [3.05, 3.63) is 11.6 Å². The van der Waals surface area contributed by atoms with Gasteiger partial charge in [0.05, 0.1) is 12.9 Å². The maximum Gasteiger partial charge on any atom is 0.226 e. The van der Waals surface area contributed by atoms with Crippen LogP contribution in [0.4, 0.5) is 5.82 Å². The van der Waals surface area contributed by atoms with Crippen LogP contribution in [-0.2, 0) is 4.74 Å². The average molecular weight is 302 g/mol. The number of aliphatic hydroxyl groups excluding tert-OH is 3. The molecule has 1 saturated heterocycles. The minimum Gasteiger partial charge on any atom is -0.394 e. The molecule has 1 aliphatic rings. The fourth-order valence-electron chi connectivity index (χ4n) is 2.21. The molecule has 0 spiro atoms. The second-order valence-electron chi connectivity index (χ2n) is 4.43. The van der Waals surface area contributed by atoms with E-state index in [2.05, 4.69) is 15.0 Å². The first-order valence-electron chi connectivity index (χ1n) is 5.81. The maximum atomic E-state index is 9.99. The molecule has 0 amide bonds. The van der Waals surface area contributed by atoms with E-state index in [1.54, 1.807) is 0 Å². The van der Waals surface area contributed by atoms with Gasteiger partial charge in [0.2, 0.25) is 5.28 Å². The van der Waals surface area contributed by atoms with Gasteiger partial charge in [0.1, 0.15) is 23.8 Å². The van der Waals surface area contributed by atoms with Crippen LogP contribution in [0.2, 0.25) is 5.28 Å². The number of anilines is 1. The second-order valence-corrected chi connectivity index (χ2v) is 4.77. The molecule has 10 heteroatoms. The van der Waals surface area contributed by atoms with Crippen molar-refractivity contribution >= 4 is 28.6 Å². The Labute approximate surface area is 117 Å². The monoisotopic (exact) mass is 301 g/mol. The molecule has 1 aliphatic heterocycles. The third-order valence-electron chi connectivity index (χ3n) is 3.21. The number of nitrogens with two attached hydrogens (primary N) is 1. The van der Waals surface area contributed by atoms with Crippen molar-refractivity contribution in [3.63, 3.8) is 0 Å². The van der Waals surface area contributed by atoms with E-state index in [9.17, 15) is 10.2 Å². The van der Waals surface area contributed by atoms with Gasteiger partial charge in [0.25, 0.3) is 0 Å². The third kappa shape index (κ3) is 1.91. The van der Waals surface area contributed by atoms with Gasteiger partial charge < -0.3 is 25.8 Å². The van der Waals surface area contributed by atoms with E-state index in [1.807, 2.05) is 0 Å². The van der Waals surface area contributed by atoms with Crippen LogP contribution in [0.15, 0.2) is 6.33 Å². The Balaban J connectivity index is 2.07. The number of hydrogen-bond acceptors (Lipinski definition) is 8. The van der Waals surface area contributed by atoms with E-state index in [4.69, 9.17) is 27.2 Å². The van der Waals surface area contributed by atoms with Crippen molar-refractivity contribution in [2.24, 2.45) is 0 Å². The van der Waals surface area contributed by atoms with Gasteiger partial charge in [0, 0.05) is 0 Å². The van der Waals surface area contributed by atoms with E-state index in [0.717, 1.165) is 0 Å². The van der Waals surface area contributed by atoms with Gasteiger partial charge in [-0.1, -0.05) is 0 Å². The topological polar surface area (TPSA) is 140 Å². The van der Waals surface area contributed by atoms with Gasteiger partial charge in [-0.05, 0) is 11.6 Å². The number of fused-ring (bicyclic) bond motifs is 1. The van der Waals surface area contributed by atoms with Gasteiger partial charge in [-0.2, -0.15) is 9.97 Å². The molecule has 0 saturated carbocycles. The zero-order chi connectivity index (χ0) is 14.4. The average Bonchev–Trinajstić information content (AvgIpc) is 2.93. The molecule has 0 aromatic carbocycles. The molecule has 3 heterocycles. The van der Waals surface area contributed by atoms with Gasteiger partial charge in [-0.15, -0.1) is 0 Å². The van der Waals surface area contributed by atoms with Crippen molar-refractivity contribution in [2.75, 3.05) is 12.3 Å². The van der Waals surface area contributed by atoms with Crippen LogP contribution in [-0.4, -0.2) is 59.8 Å². The molecule has 2 aromatic heterocycles. The quantitative estimate of drug-likeness (QED) is 0.500. The molecule has 1 fully saturated rings. The van der Waals surface area contributed by atoms with Crippen LogP contribution in [0.5, 0.6) is 0 Å². The first-order valence-corrected chi connectivity index (χ1v) is 6.18. The van der Waals surface area contributed by atoms with Crippen molar-refractivity contribution in [1.82, 2.24) is 19.5 Å². The summed E-state index contributed by atoms with van der Waals surface area (Å²) in [5.41, 5.74) is 6.27. The Morgan fingerprint density at radius 3 is 2.75 bits per heavy atom. The van der Waals surface area contributed by atoms with Crippen molar-refractivity contribution in [2.45, 2.75) is 24.5 Å². The Morgan fingerprint density at radius 2 is 2.10 bits per heavy atom. The molecule has 0 radical (unpaired) electrons. The Bertz CT molecular complexity index is 650. The lowest BCUT2D eigenvalue weighted by Crippen LogP contribution is -2.33. The number of ether oxygens (including phenoxy) is 1. The van der Waals surface area contributed by atoms with E-state index in [-0.39, 0.29) is 16.7 Å². The summed E-state index contributed by atoms with van der Waals surface area (Å²) in [7, 11) is 0. The molecule has 2 aromatic rings. The first-order chi connectivity index (χ1) is 9.52. The number of nitrogens with zero attached hydrogens (tertiary/aromatic N) is 4. The number of aliphatic hydroxyl groups is 3. The summed E-state index contributed by atoms with van der Waals surface area (Å²) in [4.78, 5) is 11.8. The van der Waals surface area contributed by atoms with Crippen LogP contribution >= 0.6 is 11.6 Å². The highest BCUT2D eigenvalue weighted by Crippen LogP contribution is 2.32. The number of imidazole rings is 1. The van der Waals surface area contributed by atoms with Crippen molar-refractivity contribution in [3.8, 4) is 0 Å². The predicted molar refractivity (Wildman–Crippen MR) is 67.8 cm³/mol. The maximum absolute atomic E-state index is 9.99. The Morgan fingerprint density at radius 1 is 1.35 bits per heavy atom. The standard InChI is InChI=1S/C10H12ClN5O4/c11-10-14-7(12)4-8(15-10)16(2-13-4)9-6(19)5(18)3(1-17)20-9/h2-3,5-6,9,17-19H,1H2,(H2,12,14,15)/t3-,5+,6-,9-/m0/s1. The Kier molecular flexibility index (Phi) is 3.22. The SMILES string of the molecule is Nc1nc(Cl)nc2c1ncn2[C@H]1O[C@@H](CO)[C@@H](O)[C@@H]1O. The number of halogens is 1. The van der Waals surface area contributed by atoms with E-state index >= 15 is 0 Å². The van der Waals surface area contributed by atoms with Crippen molar-refractivity contribution in [1.29, 1.82) is 0 Å². The first kappa shape index (κ1) is 13.5. The normalized spacial score (nSPS) is 30.2. The summed E-state index contributed by atoms with van der Waals surface area (Å²) in [5, 5.41) is 28.8. The summed E-state index contributed by atoms with van der Waals surface area (Å²) in [6, 6.07) is 0. The van der Waals surface area contributed by atoms with E-state index in [1.165, 1.54) is 10.9 Å². The molecule has 0 aliphatic carbocycles. The van der Waals surface area contributed by atoms with Gasteiger partial charge in [-0.25, -0.2) is 4.98 Å². The number of hydrogen-bond donors (Lipinski definition) is 4. The number of nitrogen functional groups attached to an aromatic ring is 1. The lowest BCUT2D eigenvalue weighted by molar-refractivity contribution is -0.0511. The van der Waals surface area contributed by atoms with Crippen LogP contribution < -0.4 is 5.73 Å². The molecule has 0 unspecified atom stereocenters. The molecular weight excluding hydrogens is 290 g/mol. The molecule has 5 N–H and O–H groups in total. The molecule has 4 atom stereocenters. The lowest BCUT2D eigenvalue weighted by Gasteiger charge is -2.16. The summed E-state index contributed by atoms with van der Waals surface area (Å²) in [5.74, 6) is 0.102. The van der Waals surface area contributed by atoms with Crippen LogP contribution in [0.1, 0.15) is 6.23 Å². The summed E-state index contributed by atoms with van der Waals surface area (Å²) in [6.45, 7) is -0.417. The van der Waals surface area contributed by atoms with Crippen LogP contribution in [0, 0.1) is 0 Å². The summed E-state index contributed by atoms with van der Waals surface area (Å²) < 4.78 is 6.79. The summed E-state index contributed by atoms with van der Waals surface area (Å²) in [6.07, 6.45) is -2.93. The highest BCUT2D eigenvalue weighted by molar-refractivity contribution is 6.28. The molecule has 0 bridgehead atoms. The predicted octanol–water partition coefficient (Wildman–Crippen LogP) is -1.33. The molecule has 108 valence electrons. The second kappa shape index (κ2) is 4.79. The minimum atomic E-state index is -1.24. The van der Waals surface area contributed by atoms with Gasteiger partial charge in [0.15, 0.2) is 17.7 Å². The Hall–Kier alpha value is -1.52. The fourth-order valence-corrected chi connectivity index (χ4v) is 2.38. The lowest BCUT2D eigenvalue weighted by atomic mass is 10.1. The van der Waals surface area contributed by atoms with Gasteiger partial charge >= 0.3 is 0 Å². The van der Waals surface area contributed by atoms with E-state index < -0.39 is 31.1 Å². The fraction of sp³-hybridized carbons (Fsp3) is 0.500. The van der Waals surface area contributed by atoms with Crippen LogP contribution in [0.3, 0.4) is 0 Å². The van der Waals surface area contributed by atoms with Gasteiger partial charge in [-0.3, -0.25) is 4.57 Å². The number of aromatic nitrogens is 4. The molecule has 20 heavy (non-hydrogen) atoms. The largest absolute Gasteiger partial charge is 0.394 e. The highest BCUT2D eigenvalue weighted by atomic mass is 35.5. The molecule has 9 nitrogen and oxygen atoms in total. The van der Waals surface area contributed by atoms with E-state index in [0.29, 0.717) is 5.52 Å². The third-order valence-corrected chi connectivity index (χ3v) is 3.38. The number of rotatable bonds is 2. The zero-order valence-corrected chi connectivity index (χ0v) is 10.8. The molecular formula is C10H12ClN5O4. The zero-order valence-electron chi connectivity index (χ0n) is 10.1. The van der Waals surface area contributed by atoms with Crippen LogP contribution in [0.25, 0.3) is 11.2 Å². The summed E-state index contributed by atoms with van der Waals surface area (Å²) >= 11 is 5.74. The highest BCUT2D eigenvalue weighted by Gasteiger charge is 2.44.